The maximum atomic E-state index is 14.3. The summed E-state index contributed by atoms with van der Waals surface area (Å²) in [6.07, 6.45) is 0.365. The Morgan fingerprint density at radius 3 is 2.19 bits per heavy atom. The van der Waals surface area contributed by atoms with E-state index in [9.17, 15) is 38.7 Å². The first-order valence-electron chi connectivity index (χ1n) is 27.5. The van der Waals surface area contributed by atoms with Crippen LogP contribution in [0.1, 0.15) is 115 Å². The minimum Gasteiger partial charge on any atom is -0.444 e. The van der Waals surface area contributed by atoms with E-state index in [1.807, 2.05) is 107 Å². The molecule has 19 nitrogen and oxygen atoms in total. The molecule has 0 unspecified atom stereocenters. The molecule has 2 fully saturated rings. The molecular weight excluding hydrogens is 1030 g/mol. The maximum Gasteiger partial charge on any atom is 0.408 e. The van der Waals surface area contributed by atoms with Gasteiger partial charge in [-0.25, -0.2) is 9.78 Å². The lowest BCUT2D eigenvalue weighted by Crippen LogP contribution is -2.58. The molecule has 2 saturated heterocycles. The van der Waals surface area contributed by atoms with Gasteiger partial charge < -0.3 is 51.4 Å². The van der Waals surface area contributed by atoms with E-state index in [1.165, 1.54) is 9.80 Å². The lowest BCUT2D eigenvalue weighted by molar-refractivity contribution is -0.144. The van der Waals surface area contributed by atoms with Crippen LogP contribution in [-0.4, -0.2) is 124 Å². The predicted molar refractivity (Wildman–Crippen MR) is 301 cm³/mol. The Morgan fingerprint density at radius 1 is 0.861 bits per heavy atom. The van der Waals surface area contributed by atoms with Gasteiger partial charge in [-0.05, 0) is 112 Å². The van der Waals surface area contributed by atoms with Crippen LogP contribution in [0, 0.1) is 18.3 Å². The van der Waals surface area contributed by atoms with E-state index in [0.29, 0.717) is 44.5 Å². The number of benzene rings is 3. The van der Waals surface area contributed by atoms with E-state index >= 15 is 0 Å². The lowest BCUT2D eigenvalue weighted by atomic mass is 9.84. The Bertz CT molecular complexity index is 2870. The molecule has 7 amide bonds. The molecule has 5 heterocycles. The first kappa shape index (κ1) is 58.3. The van der Waals surface area contributed by atoms with Crippen molar-refractivity contribution in [2.24, 2.45) is 17.1 Å². The molecular formula is C59H77N9O10S. The quantitative estimate of drug-likeness (QED) is 0.0713. The number of aliphatic hydroxyl groups excluding tert-OH is 1. The van der Waals surface area contributed by atoms with Gasteiger partial charge in [-0.2, -0.15) is 0 Å². The largest absolute Gasteiger partial charge is 0.444 e. The highest BCUT2D eigenvalue weighted by Crippen LogP contribution is 2.40. The number of primary amides is 1. The summed E-state index contributed by atoms with van der Waals surface area (Å²) in [5.74, 6) is -2.68. The van der Waals surface area contributed by atoms with Crippen molar-refractivity contribution in [3.8, 4) is 10.4 Å². The Balaban J connectivity index is 0.827. The van der Waals surface area contributed by atoms with Crippen LogP contribution in [0.15, 0.2) is 72.2 Å². The number of para-hydroxylation sites is 1. The minimum absolute atomic E-state index is 0.00255. The number of anilines is 2. The van der Waals surface area contributed by atoms with E-state index < -0.39 is 83.2 Å². The van der Waals surface area contributed by atoms with Crippen molar-refractivity contribution in [3.63, 3.8) is 0 Å². The predicted octanol–water partition coefficient (Wildman–Crippen LogP) is 5.60. The molecule has 20 heteroatoms. The van der Waals surface area contributed by atoms with Gasteiger partial charge in [0.25, 0.3) is 0 Å². The number of aromatic nitrogens is 1. The van der Waals surface area contributed by atoms with Gasteiger partial charge in [0, 0.05) is 57.0 Å². The second-order valence-corrected chi connectivity index (χ2v) is 24.4. The number of carbonyl (C=O) groups is 7. The molecule has 424 valence electrons. The Hall–Kier alpha value is -6.90. The molecule has 0 aliphatic carbocycles. The topological polar surface area (TPSA) is 255 Å². The van der Waals surface area contributed by atoms with Crippen molar-refractivity contribution in [2.45, 2.75) is 168 Å². The molecule has 0 spiro atoms. The van der Waals surface area contributed by atoms with Gasteiger partial charge in [-0.15, -0.1) is 11.3 Å². The standard InChI is InChI=1S/C59H77N9O10S/c1-34-50(79-33-62-34)39-16-12-36(13-17-39)30-61-53(72)46-29-43(69)31-67(46)56(75)51(58(3,4)5)65-52(71)40-24-26-66(27-25-40)42-19-14-37(15-20-42)32-77-35(2)44(22-23-48(60)70)63-54(73)47-28-41-11-9-10-38-18-21-45(55(74)68(47)49(38)41)64-57(76)78-59(6,7)8/h9-17,19-20,33,35,40,43-47,51,69H,18,21-32H2,1-8H3,(H2,60,70)(H,61,72)(H,63,73)(H,64,76)(H,65,71)/t35-,43-,44+,45+,46+,47+,51-/m1/s1. The number of aliphatic hydroxyl groups is 1. The molecule has 7 atom stereocenters. The first-order chi connectivity index (χ1) is 37.4. The molecule has 0 bridgehead atoms. The number of rotatable bonds is 18. The molecule has 79 heavy (non-hydrogen) atoms. The van der Waals surface area contributed by atoms with Crippen molar-refractivity contribution in [2.75, 3.05) is 29.4 Å². The number of nitrogens with two attached hydrogens (primary N) is 1. The van der Waals surface area contributed by atoms with Crippen LogP contribution in [0.5, 0.6) is 0 Å². The third kappa shape index (κ3) is 14.3. The van der Waals surface area contributed by atoms with Crippen molar-refractivity contribution in [3.05, 3.63) is 100 Å². The second-order valence-electron chi connectivity index (χ2n) is 23.5. The Labute approximate surface area is 466 Å². The van der Waals surface area contributed by atoms with Crippen LogP contribution in [0.4, 0.5) is 16.2 Å². The van der Waals surface area contributed by atoms with E-state index in [4.69, 9.17) is 15.2 Å². The van der Waals surface area contributed by atoms with Gasteiger partial charge in [0.1, 0.15) is 29.8 Å². The normalized spacial score (nSPS) is 20.6. The summed E-state index contributed by atoms with van der Waals surface area (Å²) in [7, 11) is 0. The van der Waals surface area contributed by atoms with Crippen LogP contribution in [-0.2, 0) is 64.2 Å². The molecule has 8 rings (SSSR count). The number of piperidine rings is 1. The van der Waals surface area contributed by atoms with Crippen LogP contribution in [0.25, 0.3) is 10.4 Å². The van der Waals surface area contributed by atoms with E-state index in [2.05, 4.69) is 31.2 Å². The summed E-state index contributed by atoms with van der Waals surface area (Å²) in [4.78, 5) is 106. The molecule has 0 radical (unpaired) electrons. The number of thiazole rings is 1. The smallest absolute Gasteiger partial charge is 0.408 e. The van der Waals surface area contributed by atoms with Crippen molar-refractivity contribution >= 4 is 64.2 Å². The summed E-state index contributed by atoms with van der Waals surface area (Å²) < 4.78 is 11.8. The zero-order valence-electron chi connectivity index (χ0n) is 46.6. The zero-order chi connectivity index (χ0) is 56.9. The fourth-order valence-electron chi connectivity index (χ4n) is 11.0. The molecule has 4 aliphatic rings. The van der Waals surface area contributed by atoms with Crippen LogP contribution >= 0.6 is 11.3 Å². The first-order valence-corrected chi connectivity index (χ1v) is 28.4. The molecule has 4 aromatic rings. The fourth-order valence-corrected chi connectivity index (χ4v) is 11.8. The second kappa shape index (κ2) is 24.6. The third-order valence-corrected chi connectivity index (χ3v) is 16.3. The number of ether oxygens (including phenoxy) is 2. The SMILES string of the molecule is Cc1ncsc1-c1ccc(CNC(=O)[C@@H]2C[C@@H](O)CN2C(=O)[C@@H](NC(=O)C2CCN(c3ccc(CO[C@H](C)[C@H](CCC(N)=O)NC(=O)[C@@H]4Cc5cccc6c5N4C(=O)[C@@H](NC(=O)OC(C)(C)C)CC6)cc3)CC2)C(C)(C)C)cc1. The van der Waals surface area contributed by atoms with Gasteiger partial charge in [-0.1, -0.05) is 75.4 Å². The van der Waals surface area contributed by atoms with Crippen LogP contribution < -0.4 is 36.8 Å². The van der Waals surface area contributed by atoms with E-state index in [1.54, 1.807) is 32.1 Å². The van der Waals surface area contributed by atoms with E-state index in [0.717, 1.165) is 44.1 Å². The molecule has 3 aromatic carbocycles. The average molecular weight is 1100 g/mol. The number of likely N-dealkylation sites (tertiary alicyclic amines) is 1. The lowest BCUT2D eigenvalue weighted by Gasteiger charge is -2.37. The number of amides is 7. The highest BCUT2D eigenvalue weighted by atomic mass is 32.1. The minimum atomic E-state index is -0.934. The Morgan fingerprint density at radius 2 is 1.54 bits per heavy atom. The summed E-state index contributed by atoms with van der Waals surface area (Å²) in [6.45, 7) is 16.3. The van der Waals surface area contributed by atoms with Gasteiger partial charge >= 0.3 is 6.09 Å². The summed E-state index contributed by atoms with van der Waals surface area (Å²) in [5, 5.41) is 22.6. The van der Waals surface area contributed by atoms with Gasteiger partial charge in [0.2, 0.25) is 35.4 Å². The summed E-state index contributed by atoms with van der Waals surface area (Å²) in [5.41, 5.74) is 13.1. The number of aryl methyl sites for hydroxylation is 2. The number of nitrogens with one attached hydrogen (secondary N) is 4. The average Bonchev–Trinajstić information content (AvgIpc) is 4.22. The summed E-state index contributed by atoms with van der Waals surface area (Å²) >= 11 is 1.57. The van der Waals surface area contributed by atoms with Crippen molar-refractivity contribution in [1.82, 2.24) is 31.2 Å². The molecule has 7 N–H and O–H groups in total. The summed E-state index contributed by atoms with van der Waals surface area (Å²) in [6, 6.07) is 17.3. The van der Waals surface area contributed by atoms with Gasteiger partial charge in [0.05, 0.1) is 46.6 Å². The number of β-amino-alcohol motifs (C(OH)–C–C–N with tert-alkyl or cyclic N) is 1. The highest BCUT2D eigenvalue weighted by molar-refractivity contribution is 7.13. The number of nitrogens with zero attached hydrogens (tertiary/aromatic N) is 4. The number of hydrogen-bond acceptors (Lipinski definition) is 13. The third-order valence-electron chi connectivity index (χ3n) is 15.4. The Kier molecular flexibility index (Phi) is 18.2. The fraction of sp³-hybridized carbons (Fsp3) is 0.525. The zero-order valence-corrected chi connectivity index (χ0v) is 47.5. The monoisotopic (exact) mass is 1100 g/mol. The number of hydrogen-bond donors (Lipinski definition) is 6. The van der Waals surface area contributed by atoms with Crippen molar-refractivity contribution < 1.29 is 48.1 Å². The van der Waals surface area contributed by atoms with E-state index in [-0.39, 0.29) is 63.1 Å². The van der Waals surface area contributed by atoms with Crippen molar-refractivity contribution in [1.29, 1.82) is 0 Å². The number of carbonyl (C=O) groups excluding carboxylic acids is 7. The van der Waals surface area contributed by atoms with Crippen LogP contribution in [0.3, 0.4) is 0 Å². The van der Waals surface area contributed by atoms with Gasteiger partial charge in [-0.3, -0.25) is 33.7 Å². The molecule has 4 aliphatic heterocycles. The van der Waals surface area contributed by atoms with Crippen LogP contribution in [0.2, 0.25) is 0 Å². The molecule has 0 saturated carbocycles. The number of alkyl carbamates (subject to hydrolysis) is 1. The van der Waals surface area contributed by atoms with Gasteiger partial charge in [0.15, 0.2) is 0 Å². The maximum absolute atomic E-state index is 14.3. The molecule has 1 aromatic heterocycles. The highest BCUT2D eigenvalue weighted by Gasteiger charge is 2.47.